The first kappa shape index (κ1) is 26.0. The van der Waals surface area contributed by atoms with Gasteiger partial charge in [-0.2, -0.15) is 0 Å². The second kappa shape index (κ2) is 12.8. The summed E-state index contributed by atoms with van der Waals surface area (Å²) in [5.41, 5.74) is 3.44. The van der Waals surface area contributed by atoms with Crippen molar-refractivity contribution in [1.29, 1.82) is 0 Å². The molecule has 0 radical (unpaired) electrons. The molecule has 0 saturated heterocycles. The van der Waals surface area contributed by atoms with Crippen LogP contribution in [-0.2, 0) is 11.2 Å². The molecule has 8 heteroatoms. The number of anilines is 1. The Labute approximate surface area is 220 Å². The van der Waals surface area contributed by atoms with Crippen molar-refractivity contribution < 1.29 is 14.3 Å². The fourth-order valence-electron chi connectivity index (χ4n) is 3.70. The number of hydrogen-bond donors (Lipinski definition) is 2. The lowest BCUT2D eigenvalue weighted by Gasteiger charge is -2.18. The summed E-state index contributed by atoms with van der Waals surface area (Å²) in [5.74, 6) is 0.0156. The van der Waals surface area contributed by atoms with Gasteiger partial charge < -0.3 is 10.1 Å². The van der Waals surface area contributed by atoms with E-state index in [-0.39, 0.29) is 11.8 Å². The molecular weight excluding hydrogens is 484 g/mol. The molecule has 1 heterocycles. The molecule has 0 fully saturated rings. The number of aromatic nitrogens is 2. The van der Waals surface area contributed by atoms with Crippen LogP contribution in [0.5, 0.6) is 5.75 Å². The van der Waals surface area contributed by atoms with Crippen LogP contribution < -0.4 is 15.4 Å². The third kappa shape index (κ3) is 7.47. The Balaban J connectivity index is 1.46. The van der Waals surface area contributed by atoms with Gasteiger partial charge in [0.1, 0.15) is 16.8 Å². The Hall–Kier alpha value is -4.04. The third-order valence-electron chi connectivity index (χ3n) is 5.71. The van der Waals surface area contributed by atoms with Crippen LogP contribution in [0.2, 0.25) is 0 Å². The van der Waals surface area contributed by atoms with Gasteiger partial charge >= 0.3 is 0 Å². The number of carbonyl (C=O) groups excluding carboxylic acids is 2. The van der Waals surface area contributed by atoms with Gasteiger partial charge in [-0.1, -0.05) is 78.8 Å². The molecule has 4 rings (SSSR count). The Kier molecular flexibility index (Phi) is 8.99. The highest BCUT2D eigenvalue weighted by Gasteiger charge is 2.23. The van der Waals surface area contributed by atoms with Gasteiger partial charge in [0, 0.05) is 17.5 Å². The summed E-state index contributed by atoms with van der Waals surface area (Å²) in [6.45, 7) is 4.75. The van der Waals surface area contributed by atoms with Crippen molar-refractivity contribution in [2.75, 3.05) is 11.9 Å². The van der Waals surface area contributed by atoms with E-state index in [0.29, 0.717) is 34.5 Å². The Morgan fingerprint density at radius 2 is 1.76 bits per heavy atom. The molecule has 7 nitrogen and oxygen atoms in total. The molecule has 37 heavy (non-hydrogen) atoms. The fraction of sp³-hybridized carbons (Fsp3) is 0.241. The summed E-state index contributed by atoms with van der Waals surface area (Å²) in [6, 6.07) is 23.7. The highest BCUT2D eigenvalue weighted by molar-refractivity contribution is 7.18. The minimum atomic E-state index is -0.804. The van der Waals surface area contributed by atoms with Crippen molar-refractivity contribution in [2.24, 2.45) is 0 Å². The average Bonchev–Trinajstić information content (AvgIpc) is 3.38. The fourth-order valence-corrected chi connectivity index (χ4v) is 4.44. The van der Waals surface area contributed by atoms with Crippen LogP contribution in [0.4, 0.5) is 5.13 Å². The topological polar surface area (TPSA) is 93.2 Å². The van der Waals surface area contributed by atoms with Crippen molar-refractivity contribution in [3.8, 4) is 16.3 Å². The molecule has 0 aliphatic rings. The molecule has 0 aliphatic heterocycles. The maximum Gasteiger partial charge on any atom is 0.251 e. The lowest BCUT2D eigenvalue weighted by Crippen LogP contribution is -2.45. The van der Waals surface area contributed by atoms with E-state index in [2.05, 4.69) is 27.8 Å². The van der Waals surface area contributed by atoms with Crippen molar-refractivity contribution in [3.05, 3.63) is 95.6 Å². The number of hydrogen-bond acceptors (Lipinski definition) is 6. The third-order valence-corrected chi connectivity index (χ3v) is 6.60. The second-order valence-electron chi connectivity index (χ2n) is 8.71. The monoisotopic (exact) mass is 514 g/mol. The molecule has 1 atom stereocenters. The van der Waals surface area contributed by atoms with Crippen molar-refractivity contribution in [3.63, 3.8) is 0 Å². The molecule has 0 unspecified atom stereocenters. The molecular formula is C29H30N4O3S. The summed E-state index contributed by atoms with van der Waals surface area (Å²) >= 11 is 1.29. The number of carbonyl (C=O) groups is 2. The summed E-state index contributed by atoms with van der Waals surface area (Å²) in [5, 5.41) is 15.2. The number of nitrogens with one attached hydrogen (secondary N) is 2. The standard InChI is InChI=1S/C29H30N4O3S/c1-3-4-17-36-24-15-13-22(14-16-24)26(34)30-25(19-21-10-6-5-7-11-21)27(35)31-29-33-32-28(37-29)23-12-8-9-20(2)18-23/h5-16,18,25H,3-4,17,19H2,1-2H3,(H,30,34)(H,31,33,35)/t25-/m0/s1. The van der Waals surface area contributed by atoms with Crippen molar-refractivity contribution in [1.82, 2.24) is 15.5 Å². The van der Waals surface area contributed by atoms with Crippen molar-refractivity contribution >= 4 is 28.3 Å². The van der Waals surface area contributed by atoms with Gasteiger partial charge in [0.15, 0.2) is 0 Å². The van der Waals surface area contributed by atoms with Gasteiger partial charge in [0.05, 0.1) is 6.61 Å². The van der Waals surface area contributed by atoms with E-state index in [4.69, 9.17) is 4.74 Å². The molecule has 0 spiro atoms. The molecule has 190 valence electrons. The van der Waals surface area contributed by atoms with Crippen LogP contribution in [0.25, 0.3) is 10.6 Å². The van der Waals surface area contributed by atoms with E-state index in [1.54, 1.807) is 24.3 Å². The van der Waals surface area contributed by atoms with Gasteiger partial charge in [-0.05, 0) is 49.2 Å². The summed E-state index contributed by atoms with van der Waals surface area (Å²) < 4.78 is 5.68. The van der Waals surface area contributed by atoms with Crippen LogP contribution >= 0.6 is 11.3 Å². The van der Waals surface area contributed by atoms with E-state index in [9.17, 15) is 9.59 Å². The van der Waals surface area contributed by atoms with Crippen LogP contribution in [0.3, 0.4) is 0 Å². The van der Waals surface area contributed by atoms with Gasteiger partial charge in [-0.25, -0.2) is 0 Å². The lowest BCUT2D eigenvalue weighted by molar-refractivity contribution is -0.118. The smallest absolute Gasteiger partial charge is 0.251 e. The maximum atomic E-state index is 13.3. The SMILES string of the molecule is CCCCOc1ccc(C(=O)N[C@@H](Cc2ccccc2)C(=O)Nc2nnc(-c3cccc(C)c3)s2)cc1. The molecule has 1 aromatic heterocycles. The van der Waals surface area contributed by atoms with Gasteiger partial charge in [0.25, 0.3) is 5.91 Å². The average molecular weight is 515 g/mol. The maximum absolute atomic E-state index is 13.3. The van der Waals surface area contributed by atoms with Crippen molar-refractivity contribution in [2.45, 2.75) is 39.2 Å². The second-order valence-corrected chi connectivity index (χ2v) is 9.69. The Bertz CT molecular complexity index is 1320. The molecule has 0 aliphatic carbocycles. The Morgan fingerprint density at radius 3 is 2.49 bits per heavy atom. The molecule has 4 aromatic rings. The van der Waals surface area contributed by atoms with Gasteiger partial charge in [-0.15, -0.1) is 10.2 Å². The molecule has 2 N–H and O–H groups in total. The predicted molar refractivity (Wildman–Crippen MR) is 147 cm³/mol. The van der Waals surface area contributed by atoms with Crippen LogP contribution in [-0.4, -0.2) is 34.7 Å². The molecule has 2 amide bonds. The molecule has 3 aromatic carbocycles. The van der Waals surface area contributed by atoms with E-state index in [1.807, 2.05) is 61.5 Å². The molecule has 0 saturated carbocycles. The first-order valence-corrected chi connectivity index (χ1v) is 13.1. The largest absolute Gasteiger partial charge is 0.494 e. The highest BCUT2D eigenvalue weighted by atomic mass is 32.1. The normalized spacial score (nSPS) is 11.5. The van der Waals surface area contributed by atoms with Crippen LogP contribution in [0, 0.1) is 6.92 Å². The van der Waals surface area contributed by atoms with E-state index >= 15 is 0 Å². The number of benzene rings is 3. The minimum absolute atomic E-state index is 0.333. The minimum Gasteiger partial charge on any atom is -0.494 e. The van der Waals surface area contributed by atoms with E-state index in [1.165, 1.54) is 11.3 Å². The summed E-state index contributed by atoms with van der Waals surface area (Å²) in [4.78, 5) is 26.3. The molecule has 0 bridgehead atoms. The summed E-state index contributed by atoms with van der Waals surface area (Å²) in [7, 11) is 0. The van der Waals surface area contributed by atoms with Gasteiger partial charge in [0.2, 0.25) is 11.0 Å². The predicted octanol–water partition coefficient (Wildman–Crippen LogP) is 5.67. The zero-order chi connectivity index (χ0) is 26.0. The highest BCUT2D eigenvalue weighted by Crippen LogP contribution is 2.27. The number of unbranched alkanes of at least 4 members (excludes halogenated alkanes) is 1. The number of rotatable bonds is 11. The summed E-state index contributed by atoms with van der Waals surface area (Å²) in [6.07, 6.45) is 2.36. The quantitative estimate of drug-likeness (QED) is 0.252. The number of aryl methyl sites for hydroxylation is 1. The van der Waals surface area contributed by atoms with Gasteiger partial charge in [-0.3, -0.25) is 14.9 Å². The zero-order valence-electron chi connectivity index (χ0n) is 20.9. The van der Waals surface area contributed by atoms with Crippen LogP contribution in [0.15, 0.2) is 78.9 Å². The Morgan fingerprint density at radius 1 is 0.973 bits per heavy atom. The first-order chi connectivity index (χ1) is 18.0. The number of nitrogens with zero attached hydrogens (tertiary/aromatic N) is 2. The zero-order valence-corrected chi connectivity index (χ0v) is 21.8. The van der Waals surface area contributed by atoms with E-state index < -0.39 is 6.04 Å². The van der Waals surface area contributed by atoms with Crippen LogP contribution in [0.1, 0.15) is 41.3 Å². The first-order valence-electron chi connectivity index (χ1n) is 12.3. The number of ether oxygens (including phenoxy) is 1. The van der Waals surface area contributed by atoms with E-state index in [0.717, 1.165) is 29.5 Å². The number of amides is 2. The lowest BCUT2D eigenvalue weighted by atomic mass is 10.0.